The molecule has 0 N–H and O–H groups in total. The quantitative estimate of drug-likeness (QED) is 0.698. The summed E-state index contributed by atoms with van der Waals surface area (Å²) in [6, 6.07) is 0. The van der Waals surface area contributed by atoms with Gasteiger partial charge in [0.05, 0.1) is 7.11 Å². The molecule has 0 radical (unpaired) electrons. The van der Waals surface area contributed by atoms with Gasteiger partial charge < -0.3 is 4.74 Å². The summed E-state index contributed by atoms with van der Waals surface area (Å²) in [4.78, 5) is 16.2. The third kappa shape index (κ3) is 2.81. The van der Waals surface area contributed by atoms with Crippen LogP contribution < -0.4 is 0 Å². The van der Waals surface area contributed by atoms with Crippen molar-refractivity contribution in [3.05, 3.63) is 16.1 Å². The van der Waals surface area contributed by atoms with Gasteiger partial charge in [0.15, 0.2) is 0 Å². The summed E-state index contributed by atoms with van der Waals surface area (Å²) in [5.74, 6) is -0.340. The van der Waals surface area contributed by atoms with E-state index in [0.29, 0.717) is 5.01 Å². The first-order valence-corrected chi connectivity index (χ1v) is 5.12. The van der Waals surface area contributed by atoms with Crippen molar-refractivity contribution in [2.75, 3.05) is 7.11 Å². The predicted octanol–water partition coefficient (Wildman–Crippen LogP) is 2.27. The van der Waals surface area contributed by atoms with Crippen molar-refractivity contribution < 1.29 is 9.53 Å². The Bertz CT molecular complexity index is 283. The average molecular weight is 199 g/mol. The van der Waals surface area contributed by atoms with Crippen LogP contribution in [0.15, 0.2) is 6.20 Å². The van der Waals surface area contributed by atoms with Gasteiger partial charge in [-0.2, -0.15) is 0 Å². The molecule has 0 fully saturated rings. The van der Waals surface area contributed by atoms with Gasteiger partial charge in [-0.15, -0.1) is 11.3 Å². The molecule has 1 aromatic rings. The second-order valence-corrected chi connectivity index (χ2v) is 3.84. The molecule has 0 atom stereocenters. The number of aromatic nitrogens is 1. The van der Waals surface area contributed by atoms with Gasteiger partial charge in [-0.1, -0.05) is 13.3 Å². The van der Waals surface area contributed by atoms with Crippen LogP contribution in [0, 0.1) is 0 Å². The fraction of sp³-hybridized carbons (Fsp3) is 0.556. The van der Waals surface area contributed by atoms with Crippen LogP contribution in [0.25, 0.3) is 0 Å². The van der Waals surface area contributed by atoms with Gasteiger partial charge in [0.1, 0.15) is 0 Å². The van der Waals surface area contributed by atoms with E-state index in [1.165, 1.54) is 18.4 Å². The molecular weight excluding hydrogens is 186 g/mol. The zero-order chi connectivity index (χ0) is 9.68. The molecule has 1 heterocycles. The largest absolute Gasteiger partial charge is 0.464 e. The number of ether oxygens (including phenoxy) is 1. The number of hydrogen-bond donors (Lipinski definition) is 0. The summed E-state index contributed by atoms with van der Waals surface area (Å²) in [5.41, 5.74) is 0. The molecule has 4 heteroatoms. The summed E-state index contributed by atoms with van der Waals surface area (Å²) >= 11 is 1.42. The first kappa shape index (κ1) is 10.2. The number of thiazole rings is 1. The molecule has 0 spiro atoms. The maximum absolute atomic E-state index is 11.0. The second-order valence-electron chi connectivity index (χ2n) is 2.73. The monoisotopic (exact) mass is 199 g/mol. The number of esters is 1. The lowest BCUT2D eigenvalue weighted by atomic mass is 10.2. The summed E-state index contributed by atoms with van der Waals surface area (Å²) in [7, 11) is 1.37. The van der Waals surface area contributed by atoms with Gasteiger partial charge in [-0.25, -0.2) is 9.78 Å². The van der Waals surface area contributed by atoms with E-state index < -0.39 is 0 Å². The molecule has 0 aliphatic carbocycles. The van der Waals surface area contributed by atoms with Gasteiger partial charge in [0.2, 0.25) is 5.01 Å². The molecule has 1 aromatic heterocycles. The van der Waals surface area contributed by atoms with Crippen LogP contribution in [-0.2, 0) is 11.2 Å². The summed E-state index contributed by atoms with van der Waals surface area (Å²) in [6.45, 7) is 2.14. The van der Waals surface area contributed by atoms with Crippen molar-refractivity contribution in [2.24, 2.45) is 0 Å². The number of nitrogens with zero attached hydrogens (tertiary/aromatic N) is 1. The van der Waals surface area contributed by atoms with E-state index in [4.69, 9.17) is 0 Å². The molecule has 0 aliphatic heterocycles. The summed E-state index contributed by atoms with van der Waals surface area (Å²) in [6.07, 6.45) is 5.06. The molecule has 72 valence electrons. The molecule has 0 aliphatic rings. The molecule has 13 heavy (non-hydrogen) atoms. The highest BCUT2D eigenvalue weighted by molar-refractivity contribution is 7.13. The Morgan fingerprint density at radius 2 is 2.46 bits per heavy atom. The predicted molar refractivity (Wildman–Crippen MR) is 52.1 cm³/mol. The lowest BCUT2D eigenvalue weighted by Gasteiger charge is -1.92. The fourth-order valence-electron chi connectivity index (χ4n) is 0.956. The standard InChI is InChI=1S/C9H13NO2S/c1-3-4-5-7-6-10-8(13-7)9(11)12-2/h6H,3-5H2,1-2H3. The van der Waals surface area contributed by atoms with E-state index in [9.17, 15) is 4.79 Å². The highest BCUT2D eigenvalue weighted by Gasteiger charge is 2.10. The third-order valence-electron chi connectivity index (χ3n) is 1.69. The van der Waals surface area contributed by atoms with Crippen LogP contribution >= 0.6 is 11.3 Å². The first-order chi connectivity index (χ1) is 6.27. The molecule has 0 saturated carbocycles. The van der Waals surface area contributed by atoms with Crippen LogP contribution in [0.1, 0.15) is 34.4 Å². The highest BCUT2D eigenvalue weighted by atomic mass is 32.1. The van der Waals surface area contributed by atoms with Crippen molar-refractivity contribution in [1.29, 1.82) is 0 Å². The fourth-order valence-corrected chi connectivity index (χ4v) is 1.83. The zero-order valence-corrected chi connectivity index (χ0v) is 8.69. The molecule has 0 aromatic carbocycles. The number of rotatable bonds is 4. The number of hydrogen-bond acceptors (Lipinski definition) is 4. The second kappa shape index (κ2) is 4.97. The van der Waals surface area contributed by atoms with Crippen LogP contribution in [0.4, 0.5) is 0 Å². The first-order valence-electron chi connectivity index (χ1n) is 4.31. The van der Waals surface area contributed by atoms with E-state index in [0.717, 1.165) is 24.1 Å². The number of methoxy groups -OCH3 is 1. The van der Waals surface area contributed by atoms with Gasteiger partial charge in [0.25, 0.3) is 0 Å². The topological polar surface area (TPSA) is 39.2 Å². The maximum atomic E-state index is 11.0. The van der Waals surface area contributed by atoms with E-state index in [1.54, 1.807) is 6.20 Å². The molecule has 0 bridgehead atoms. The van der Waals surface area contributed by atoms with E-state index >= 15 is 0 Å². The minimum Gasteiger partial charge on any atom is -0.464 e. The number of carbonyl (C=O) groups excluding carboxylic acids is 1. The Morgan fingerprint density at radius 3 is 3.08 bits per heavy atom. The summed E-state index contributed by atoms with van der Waals surface area (Å²) in [5, 5.41) is 0.452. The number of aryl methyl sites for hydroxylation is 1. The highest BCUT2D eigenvalue weighted by Crippen LogP contribution is 2.15. The molecule has 0 amide bonds. The Hall–Kier alpha value is -0.900. The van der Waals surface area contributed by atoms with Gasteiger partial charge in [-0.05, 0) is 12.8 Å². The number of carbonyl (C=O) groups is 1. The molecular formula is C9H13NO2S. The van der Waals surface area contributed by atoms with Gasteiger partial charge in [0, 0.05) is 11.1 Å². The Kier molecular flexibility index (Phi) is 3.89. The van der Waals surface area contributed by atoms with E-state index in [2.05, 4.69) is 16.6 Å². The van der Waals surface area contributed by atoms with Crippen molar-refractivity contribution in [1.82, 2.24) is 4.98 Å². The van der Waals surface area contributed by atoms with Crippen molar-refractivity contribution in [2.45, 2.75) is 26.2 Å². The van der Waals surface area contributed by atoms with Crippen molar-refractivity contribution in [3.8, 4) is 0 Å². The SMILES string of the molecule is CCCCc1cnc(C(=O)OC)s1. The molecule has 0 saturated heterocycles. The minimum atomic E-state index is -0.340. The number of unbranched alkanes of at least 4 members (excludes halogenated alkanes) is 1. The third-order valence-corrected chi connectivity index (χ3v) is 2.73. The normalized spacial score (nSPS) is 10.0. The Morgan fingerprint density at radius 1 is 1.69 bits per heavy atom. The minimum absolute atomic E-state index is 0.340. The Balaban J connectivity index is 2.58. The lowest BCUT2D eigenvalue weighted by Crippen LogP contribution is -1.98. The molecule has 1 rings (SSSR count). The molecule has 0 unspecified atom stereocenters. The van der Waals surface area contributed by atoms with Gasteiger partial charge >= 0.3 is 5.97 Å². The van der Waals surface area contributed by atoms with Gasteiger partial charge in [-0.3, -0.25) is 0 Å². The molecule has 3 nitrogen and oxygen atoms in total. The van der Waals surface area contributed by atoms with Crippen molar-refractivity contribution in [3.63, 3.8) is 0 Å². The van der Waals surface area contributed by atoms with Crippen LogP contribution in [0.3, 0.4) is 0 Å². The summed E-state index contributed by atoms with van der Waals surface area (Å²) < 4.78 is 4.56. The zero-order valence-electron chi connectivity index (χ0n) is 7.87. The van der Waals surface area contributed by atoms with E-state index in [1.807, 2.05) is 0 Å². The lowest BCUT2D eigenvalue weighted by molar-refractivity contribution is 0.0600. The smallest absolute Gasteiger partial charge is 0.367 e. The maximum Gasteiger partial charge on any atom is 0.367 e. The van der Waals surface area contributed by atoms with Crippen LogP contribution in [-0.4, -0.2) is 18.1 Å². The van der Waals surface area contributed by atoms with E-state index in [-0.39, 0.29) is 5.97 Å². The average Bonchev–Trinajstić information content (AvgIpc) is 2.62. The van der Waals surface area contributed by atoms with Crippen LogP contribution in [0.2, 0.25) is 0 Å². The van der Waals surface area contributed by atoms with Crippen LogP contribution in [0.5, 0.6) is 0 Å². The Labute approximate surface area is 81.8 Å². The van der Waals surface area contributed by atoms with Crippen molar-refractivity contribution >= 4 is 17.3 Å².